The van der Waals surface area contributed by atoms with Crippen molar-refractivity contribution >= 4 is 5.91 Å². The van der Waals surface area contributed by atoms with Crippen molar-refractivity contribution in [1.82, 2.24) is 15.5 Å². The number of hydrogen-bond donors (Lipinski definition) is 1. The van der Waals surface area contributed by atoms with E-state index in [0.717, 1.165) is 5.56 Å². The standard InChI is InChI=1S/C19H18FN3O2/c1-12-8-15(11-16(20)9-12)19(24)21-13(2)10-17-22-18(23-25-17)14-6-4-3-5-7-14/h3-9,11,13H,10H2,1-2H3,(H,21,24). The number of rotatable bonds is 5. The first kappa shape index (κ1) is 16.8. The minimum absolute atomic E-state index is 0.236. The molecule has 128 valence electrons. The molecule has 0 saturated carbocycles. The van der Waals surface area contributed by atoms with Crippen molar-refractivity contribution in [3.63, 3.8) is 0 Å². The minimum atomic E-state index is -0.429. The van der Waals surface area contributed by atoms with Crippen LogP contribution in [0, 0.1) is 12.7 Å². The number of nitrogens with zero attached hydrogens (tertiary/aromatic N) is 2. The van der Waals surface area contributed by atoms with Gasteiger partial charge in [-0.2, -0.15) is 4.98 Å². The van der Waals surface area contributed by atoms with Gasteiger partial charge >= 0.3 is 0 Å². The zero-order valence-electron chi connectivity index (χ0n) is 14.0. The fraction of sp³-hybridized carbons (Fsp3) is 0.211. The second kappa shape index (κ2) is 7.25. The van der Waals surface area contributed by atoms with Crippen LogP contribution >= 0.6 is 0 Å². The molecule has 1 amide bonds. The van der Waals surface area contributed by atoms with Gasteiger partial charge in [0.1, 0.15) is 5.82 Å². The van der Waals surface area contributed by atoms with Crippen LogP contribution in [-0.4, -0.2) is 22.1 Å². The number of carbonyl (C=O) groups is 1. The SMILES string of the molecule is Cc1cc(F)cc(C(=O)NC(C)Cc2nc(-c3ccccc3)no2)c1. The van der Waals surface area contributed by atoms with Gasteiger partial charge in [-0.05, 0) is 37.6 Å². The first-order chi connectivity index (χ1) is 12.0. The largest absolute Gasteiger partial charge is 0.349 e. The lowest BCUT2D eigenvalue weighted by atomic mass is 10.1. The van der Waals surface area contributed by atoms with Crippen LogP contribution in [0.4, 0.5) is 4.39 Å². The third-order valence-corrected chi connectivity index (χ3v) is 3.66. The maximum Gasteiger partial charge on any atom is 0.251 e. The molecule has 1 atom stereocenters. The van der Waals surface area contributed by atoms with Crippen molar-refractivity contribution in [3.05, 3.63) is 71.4 Å². The second-order valence-corrected chi connectivity index (χ2v) is 5.97. The van der Waals surface area contributed by atoms with E-state index in [1.54, 1.807) is 13.0 Å². The molecular formula is C19H18FN3O2. The number of carbonyl (C=O) groups excluding carboxylic acids is 1. The van der Waals surface area contributed by atoms with E-state index in [-0.39, 0.29) is 11.9 Å². The molecule has 0 bridgehead atoms. The molecule has 6 heteroatoms. The molecule has 0 aliphatic heterocycles. The molecular weight excluding hydrogens is 321 g/mol. The zero-order chi connectivity index (χ0) is 17.8. The molecule has 0 spiro atoms. The molecule has 0 aliphatic carbocycles. The Morgan fingerprint density at radius 1 is 1.24 bits per heavy atom. The van der Waals surface area contributed by atoms with Crippen molar-refractivity contribution < 1.29 is 13.7 Å². The smallest absolute Gasteiger partial charge is 0.251 e. The van der Waals surface area contributed by atoms with E-state index >= 15 is 0 Å². The Hall–Kier alpha value is -3.02. The van der Waals surface area contributed by atoms with Gasteiger partial charge in [-0.3, -0.25) is 4.79 Å². The molecule has 0 saturated heterocycles. The Balaban J connectivity index is 1.64. The zero-order valence-corrected chi connectivity index (χ0v) is 14.0. The molecule has 3 aromatic rings. The van der Waals surface area contributed by atoms with Crippen LogP contribution in [0.25, 0.3) is 11.4 Å². The summed E-state index contributed by atoms with van der Waals surface area (Å²) >= 11 is 0. The quantitative estimate of drug-likeness (QED) is 0.772. The maximum atomic E-state index is 13.4. The fourth-order valence-electron chi connectivity index (χ4n) is 2.53. The van der Waals surface area contributed by atoms with Crippen LogP contribution < -0.4 is 5.32 Å². The molecule has 3 rings (SSSR count). The Morgan fingerprint density at radius 3 is 2.72 bits per heavy atom. The lowest BCUT2D eigenvalue weighted by molar-refractivity contribution is 0.0938. The second-order valence-electron chi connectivity index (χ2n) is 5.97. The molecule has 2 aromatic carbocycles. The van der Waals surface area contributed by atoms with Gasteiger partial charge in [-0.25, -0.2) is 4.39 Å². The summed E-state index contributed by atoms with van der Waals surface area (Å²) in [6, 6.07) is 13.5. The topological polar surface area (TPSA) is 68.0 Å². The highest BCUT2D eigenvalue weighted by molar-refractivity contribution is 5.94. The van der Waals surface area contributed by atoms with E-state index in [1.165, 1.54) is 12.1 Å². The molecule has 5 nitrogen and oxygen atoms in total. The summed E-state index contributed by atoms with van der Waals surface area (Å²) < 4.78 is 18.7. The minimum Gasteiger partial charge on any atom is -0.349 e. The normalized spacial score (nSPS) is 12.0. The first-order valence-electron chi connectivity index (χ1n) is 7.97. The Bertz CT molecular complexity index is 857. The van der Waals surface area contributed by atoms with Crippen molar-refractivity contribution in [2.45, 2.75) is 26.3 Å². The van der Waals surface area contributed by atoms with Crippen LogP contribution in [0.2, 0.25) is 0 Å². The summed E-state index contributed by atoms with van der Waals surface area (Å²) in [5, 5.41) is 6.77. The van der Waals surface area contributed by atoms with Gasteiger partial charge in [0.05, 0.1) is 0 Å². The van der Waals surface area contributed by atoms with Crippen LogP contribution in [0.3, 0.4) is 0 Å². The van der Waals surface area contributed by atoms with E-state index in [9.17, 15) is 9.18 Å². The number of aryl methyl sites for hydroxylation is 1. The predicted molar refractivity (Wildman–Crippen MR) is 91.5 cm³/mol. The third-order valence-electron chi connectivity index (χ3n) is 3.66. The van der Waals surface area contributed by atoms with Crippen molar-refractivity contribution in [2.75, 3.05) is 0 Å². The van der Waals surface area contributed by atoms with E-state index in [0.29, 0.717) is 29.3 Å². The summed E-state index contributed by atoms with van der Waals surface area (Å²) in [5.41, 5.74) is 1.85. The van der Waals surface area contributed by atoms with Crippen LogP contribution in [0.15, 0.2) is 53.1 Å². The van der Waals surface area contributed by atoms with E-state index in [2.05, 4.69) is 15.5 Å². The maximum absolute atomic E-state index is 13.4. The highest BCUT2D eigenvalue weighted by atomic mass is 19.1. The van der Waals surface area contributed by atoms with Gasteiger partial charge in [0.15, 0.2) is 0 Å². The van der Waals surface area contributed by atoms with Crippen LogP contribution in [0.5, 0.6) is 0 Å². The fourth-order valence-corrected chi connectivity index (χ4v) is 2.53. The van der Waals surface area contributed by atoms with Crippen molar-refractivity contribution in [2.24, 2.45) is 0 Å². The lowest BCUT2D eigenvalue weighted by Crippen LogP contribution is -2.34. The predicted octanol–water partition coefficient (Wildman–Crippen LogP) is 3.55. The molecule has 1 unspecified atom stereocenters. The third kappa shape index (κ3) is 4.29. The van der Waals surface area contributed by atoms with E-state index in [1.807, 2.05) is 37.3 Å². The summed E-state index contributed by atoms with van der Waals surface area (Å²) in [7, 11) is 0. The number of amides is 1. The molecule has 1 aromatic heterocycles. The highest BCUT2D eigenvalue weighted by Crippen LogP contribution is 2.15. The van der Waals surface area contributed by atoms with Gasteiger partial charge in [-0.1, -0.05) is 35.5 Å². The molecule has 0 radical (unpaired) electrons. The molecule has 0 aliphatic rings. The van der Waals surface area contributed by atoms with E-state index in [4.69, 9.17) is 4.52 Å². The number of hydrogen-bond acceptors (Lipinski definition) is 4. The monoisotopic (exact) mass is 339 g/mol. The number of aromatic nitrogens is 2. The average Bonchev–Trinajstić information content (AvgIpc) is 3.03. The summed E-state index contributed by atoms with van der Waals surface area (Å²) in [4.78, 5) is 16.6. The average molecular weight is 339 g/mol. The molecule has 1 N–H and O–H groups in total. The van der Waals surface area contributed by atoms with Gasteiger partial charge in [0.2, 0.25) is 11.7 Å². The van der Waals surface area contributed by atoms with Crippen LogP contribution in [-0.2, 0) is 6.42 Å². The summed E-state index contributed by atoms with van der Waals surface area (Å²) in [6.45, 7) is 3.57. The van der Waals surface area contributed by atoms with Crippen molar-refractivity contribution in [3.8, 4) is 11.4 Å². The summed E-state index contributed by atoms with van der Waals surface area (Å²) in [5.74, 6) is 0.178. The summed E-state index contributed by atoms with van der Waals surface area (Å²) in [6.07, 6.45) is 0.389. The number of benzene rings is 2. The highest BCUT2D eigenvalue weighted by Gasteiger charge is 2.15. The number of nitrogens with one attached hydrogen (secondary N) is 1. The van der Waals surface area contributed by atoms with Gasteiger partial charge in [-0.15, -0.1) is 0 Å². The van der Waals surface area contributed by atoms with Gasteiger partial charge < -0.3 is 9.84 Å². The Labute approximate surface area is 144 Å². The Kier molecular flexibility index (Phi) is 4.88. The van der Waals surface area contributed by atoms with Crippen LogP contribution in [0.1, 0.15) is 28.7 Å². The van der Waals surface area contributed by atoms with Gasteiger partial charge in [0.25, 0.3) is 5.91 Å². The number of halogens is 1. The first-order valence-corrected chi connectivity index (χ1v) is 7.97. The lowest BCUT2D eigenvalue weighted by Gasteiger charge is -2.12. The molecule has 25 heavy (non-hydrogen) atoms. The van der Waals surface area contributed by atoms with Gasteiger partial charge in [0, 0.05) is 23.6 Å². The van der Waals surface area contributed by atoms with E-state index < -0.39 is 5.82 Å². The Morgan fingerprint density at radius 2 is 2.00 bits per heavy atom. The molecule has 1 heterocycles. The molecule has 0 fully saturated rings. The van der Waals surface area contributed by atoms with Crippen molar-refractivity contribution in [1.29, 1.82) is 0 Å².